The fourth-order valence-corrected chi connectivity index (χ4v) is 9.14. The zero-order valence-corrected chi connectivity index (χ0v) is 31.7. The summed E-state index contributed by atoms with van der Waals surface area (Å²) in [5, 5.41) is 42.9. The van der Waals surface area contributed by atoms with E-state index in [1.807, 2.05) is 18.9 Å². The van der Waals surface area contributed by atoms with E-state index in [1.165, 1.54) is 65.2 Å². The number of thioether (sulfide) groups is 1. The van der Waals surface area contributed by atoms with E-state index in [4.69, 9.17) is 14.9 Å². The molecule has 6 rings (SSSR count). The summed E-state index contributed by atoms with van der Waals surface area (Å²) in [6.45, 7) is 4.90. The van der Waals surface area contributed by atoms with E-state index in [2.05, 4.69) is 5.32 Å². The molecule has 2 aromatic rings. The van der Waals surface area contributed by atoms with Crippen molar-refractivity contribution in [1.82, 2.24) is 24.9 Å². The maximum atomic E-state index is 13.8. The van der Waals surface area contributed by atoms with E-state index in [0.29, 0.717) is 55.2 Å². The molecule has 0 saturated carbocycles. The number of nitro groups is 2. The third-order valence-electron chi connectivity index (χ3n) is 10.6. The number of amides is 3. The number of fused-ring (bicyclic) bond motifs is 1. The van der Waals surface area contributed by atoms with Gasteiger partial charge >= 0.3 is 12.1 Å². The lowest BCUT2D eigenvalue weighted by Crippen LogP contribution is -2.63. The topological polar surface area (TPSA) is 242 Å². The molecule has 6 atom stereocenters. The number of hydrogen-bond donors (Lipinski definition) is 3. The van der Waals surface area contributed by atoms with E-state index in [9.17, 15) is 44.5 Å². The number of β-lactam (4-membered cyclic amide) rings is 1. The molecule has 3 N–H and O–H groups in total. The molecule has 19 nitrogen and oxygen atoms in total. The Morgan fingerprint density at radius 3 is 2.02 bits per heavy atom. The molecule has 0 bridgehead atoms. The van der Waals surface area contributed by atoms with E-state index < -0.39 is 46.0 Å². The lowest BCUT2D eigenvalue weighted by Gasteiger charge is -2.46. The monoisotopic (exact) mass is 794 g/mol. The second-order valence-electron chi connectivity index (χ2n) is 14.2. The molecule has 0 aromatic heterocycles. The Morgan fingerprint density at radius 1 is 0.946 bits per heavy atom. The molecule has 3 fully saturated rings. The van der Waals surface area contributed by atoms with Crippen LogP contribution in [0.2, 0.25) is 0 Å². The number of rotatable bonds is 11. The molecule has 20 heteroatoms. The highest BCUT2D eigenvalue weighted by Crippen LogP contribution is 2.52. The molecular weight excluding hydrogens is 753 g/mol. The van der Waals surface area contributed by atoms with Gasteiger partial charge in [0.2, 0.25) is 17.8 Å². The number of alkyl carbamates (subject to hydrolysis) is 1. The lowest BCUT2D eigenvalue weighted by molar-refractivity contribution is -0.385. The minimum atomic E-state index is -0.921. The number of carbonyl (C=O) groups is 4. The average molecular weight is 795 g/mol. The molecule has 0 spiro atoms. The maximum Gasteiger partial charge on any atom is 0.414 e. The first kappa shape index (κ1) is 40.1. The van der Waals surface area contributed by atoms with Gasteiger partial charge in [-0.15, -0.1) is 11.8 Å². The van der Waals surface area contributed by atoms with Crippen molar-refractivity contribution in [3.05, 3.63) is 90.5 Å². The van der Waals surface area contributed by atoms with Crippen molar-refractivity contribution < 1.29 is 43.6 Å². The first-order valence-electron chi connectivity index (χ1n) is 18.0. The molecule has 3 amide bonds. The van der Waals surface area contributed by atoms with Crippen molar-refractivity contribution in [3.8, 4) is 0 Å². The molecule has 4 heterocycles. The summed E-state index contributed by atoms with van der Waals surface area (Å²) >= 11 is 1.44. The second kappa shape index (κ2) is 16.6. The van der Waals surface area contributed by atoms with Gasteiger partial charge in [0.25, 0.3) is 11.4 Å². The van der Waals surface area contributed by atoms with Gasteiger partial charge in [0.05, 0.1) is 34.0 Å². The minimum Gasteiger partial charge on any atom is -0.456 e. The fraction of sp³-hybridized carbons (Fsp3) is 0.472. The summed E-state index contributed by atoms with van der Waals surface area (Å²) in [4.78, 5) is 81.1. The third kappa shape index (κ3) is 8.31. The molecule has 0 aliphatic carbocycles. The fourth-order valence-electron chi connectivity index (χ4n) is 7.54. The number of guanidine groups is 1. The van der Waals surface area contributed by atoms with Crippen molar-refractivity contribution >= 4 is 53.0 Å². The largest absolute Gasteiger partial charge is 0.456 e. The van der Waals surface area contributed by atoms with Crippen molar-refractivity contribution in [3.63, 3.8) is 0 Å². The number of nitro benzene ring substituents is 2. The molecule has 2 aromatic carbocycles. The predicted octanol–water partition coefficient (Wildman–Crippen LogP) is 2.43. The second-order valence-corrected chi connectivity index (χ2v) is 15.5. The van der Waals surface area contributed by atoms with Crippen molar-refractivity contribution in [1.29, 1.82) is 5.41 Å². The maximum absolute atomic E-state index is 13.8. The number of aliphatic hydroxyl groups is 1. The highest BCUT2D eigenvalue weighted by atomic mass is 32.2. The summed E-state index contributed by atoms with van der Waals surface area (Å²) in [7, 11) is 1.85. The quantitative estimate of drug-likeness (QED) is 0.0740. The van der Waals surface area contributed by atoms with Crippen LogP contribution in [-0.4, -0.2) is 128 Å². The van der Waals surface area contributed by atoms with Gasteiger partial charge in [-0.05, 0) is 55.8 Å². The van der Waals surface area contributed by atoms with Crippen molar-refractivity contribution in [2.24, 2.45) is 11.8 Å². The molecule has 0 unspecified atom stereocenters. The number of piperazine rings is 1. The zero-order chi connectivity index (χ0) is 40.4. The van der Waals surface area contributed by atoms with Crippen molar-refractivity contribution in [2.75, 3.05) is 39.8 Å². The predicted molar refractivity (Wildman–Crippen MR) is 200 cm³/mol. The molecule has 3 saturated heterocycles. The van der Waals surface area contributed by atoms with Crippen molar-refractivity contribution in [2.45, 2.75) is 56.9 Å². The van der Waals surface area contributed by atoms with Crippen LogP contribution in [0.5, 0.6) is 0 Å². The molecule has 4 aliphatic heterocycles. The summed E-state index contributed by atoms with van der Waals surface area (Å²) < 4.78 is 10.8. The number of hydrogen-bond acceptors (Lipinski definition) is 14. The summed E-state index contributed by atoms with van der Waals surface area (Å²) in [5.74, 6) is -2.30. The normalized spacial score (nSPS) is 24.0. The van der Waals surface area contributed by atoms with E-state index in [-0.39, 0.29) is 59.2 Å². The number of esters is 1. The smallest absolute Gasteiger partial charge is 0.414 e. The summed E-state index contributed by atoms with van der Waals surface area (Å²) in [6.07, 6.45) is -1.31. The zero-order valence-electron chi connectivity index (χ0n) is 30.9. The Kier molecular flexibility index (Phi) is 11.9. The number of aliphatic hydroxyl groups excluding tert-OH is 1. The molecule has 56 heavy (non-hydrogen) atoms. The van der Waals surface area contributed by atoms with Gasteiger partial charge in [-0.1, -0.05) is 6.92 Å². The molecular formula is C36H42N8O11S. The summed E-state index contributed by atoms with van der Waals surface area (Å²) in [5.41, 5.74) is 1.01. The highest BCUT2D eigenvalue weighted by Gasteiger charge is 2.60. The SMILES string of the molecule is C[C@@H](O)[C@H]1C(=O)N2C(C(=O)OCc3ccc([N+](=O)[O-])cc3)=C(S[C@H]3C[C@@H](C(=O)N4CCN(C(=N)NC(=O)OCc5ccc([N+](=O)[O-])cc5)CC4)N(C)C3)[C@H](C)[C@H]12. The van der Waals surface area contributed by atoms with Gasteiger partial charge in [-0.25, -0.2) is 9.59 Å². The molecule has 4 aliphatic rings. The minimum absolute atomic E-state index is 0.0819. The molecule has 298 valence electrons. The Hall–Kier alpha value is -5.60. The van der Waals surface area contributed by atoms with E-state index in [0.717, 1.165) is 0 Å². The number of likely N-dealkylation sites (tertiary alicyclic amines) is 1. The number of nitrogens with zero attached hydrogens (tertiary/aromatic N) is 6. The average Bonchev–Trinajstić information content (AvgIpc) is 3.66. The van der Waals surface area contributed by atoms with Crippen LogP contribution >= 0.6 is 11.8 Å². The first-order chi connectivity index (χ1) is 26.6. The number of carbonyl (C=O) groups excluding carboxylic acids is 4. The Labute approximate surface area is 325 Å². The standard InChI is InChI=1S/C36H42N8O11S/c1-20-29-28(21(2)45)33(47)42(29)30(34(48)54-18-22-4-8-24(9-5-22)43(50)51)31(20)56-26-16-27(39(3)17-26)32(46)40-12-14-41(15-13-40)35(37)38-36(49)55-19-23-6-10-25(11-7-23)44(52)53/h4-11,20-21,26-29,45H,12-19H2,1-3H3,(H2,37,38,49)/t20-,21-,26+,27+,28-,29-/m1/s1. The number of ether oxygens (including phenoxy) is 2. The number of nitrogens with one attached hydrogen (secondary N) is 2. The van der Waals surface area contributed by atoms with Crippen LogP contribution in [0.4, 0.5) is 16.2 Å². The van der Waals surface area contributed by atoms with E-state index in [1.54, 1.807) is 16.7 Å². The van der Waals surface area contributed by atoms with Gasteiger partial charge in [0.15, 0.2) is 0 Å². The number of benzene rings is 2. The Bertz CT molecular complexity index is 1930. The van der Waals surface area contributed by atoms with Crippen LogP contribution in [0.25, 0.3) is 0 Å². The van der Waals surface area contributed by atoms with Gasteiger partial charge in [0, 0.05) is 73.1 Å². The van der Waals surface area contributed by atoms with Gasteiger partial charge in [-0.2, -0.15) is 0 Å². The third-order valence-corrected chi connectivity index (χ3v) is 12.0. The van der Waals surface area contributed by atoms with Crippen LogP contribution in [0, 0.1) is 37.5 Å². The van der Waals surface area contributed by atoms with E-state index >= 15 is 0 Å². The number of non-ortho nitro benzene ring substituents is 2. The first-order valence-corrected chi connectivity index (χ1v) is 18.8. The van der Waals surface area contributed by atoms with Crippen LogP contribution in [0.15, 0.2) is 59.1 Å². The number of likely N-dealkylation sites (N-methyl/N-ethyl adjacent to an activating group) is 1. The Balaban J connectivity index is 1.03. The van der Waals surface area contributed by atoms with Gasteiger partial charge in [-0.3, -0.25) is 45.4 Å². The van der Waals surface area contributed by atoms with Crippen LogP contribution < -0.4 is 5.32 Å². The highest BCUT2D eigenvalue weighted by molar-refractivity contribution is 8.03. The van der Waals surface area contributed by atoms with Crippen LogP contribution in [-0.2, 0) is 37.1 Å². The lowest BCUT2D eigenvalue weighted by atomic mass is 9.79. The van der Waals surface area contributed by atoms with Gasteiger partial charge < -0.3 is 29.3 Å². The summed E-state index contributed by atoms with van der Waals surface area (Å²) in [6, 6.07) is 10.3. The van der Waals surface area contributed by atoms with Crippen LogP contribution in [0.3, 0.4) is 0 Å². The molecule has 0 radical (unpaired) electrons. The van der Waals surface area contributed by atoms with Crippen LogP contribution in [0.1, 0.15) is 31.4 Å². The Morgan fingerprint density at radius 2 is 1.48 bits per heavy atom. The van der Waals surface area contributed by atoms with Gasteiger partial charge in [0.1, 0.15) is 18.9 Å².